The first-order valence-corrected chi connectivity index (χ1v) is 13.3. The Balaban J connectivity index is 1.76. The van der Waals surface area contributed by atoms with Crippen LogP contribution in [0.15, 0.2) is 65.6 Å². The molecule has 0 aromatic heterocycles. The van der Waals surface area contributed by atoms with Crippen molar-refractivity contribution in [1.82, 2.24) is 0 Å². The number of benzene rings is 3. The third-order valence-electron chi connectivity index (χ3n) is 5.06. The second kappa shape index (κ2) is 9.24. The monoisotopic (exact) mass is 487 g/mol. The summed E-state index contributed by atoms with van der Waals surface area (Å²) >= 11 is 0. The van der Waals surface area contributed by atoms with Crippen molar-refractivity contribution in [2.75, 3.05) is 21.0 Å². The number of sulfonamides is 2. The summed E-state index contributed by atoms with van der Waals surface area (Å²) in [5.41, 5.74) is 3.96. The van der Waals surface area contributed by atoms with E-state index in [-0.39, 0.29) is 10.5 Å². The van der Waals surface area contributed by atoms with E-state index >= 15 is 0 Å². The summed E-state index contributed by atoms with van der Waals surface area (Å²) in [6, 6.07) is 15.8. The molecule has 0 bridgehead atoms. The number of amides is 1. The molecule has 0 saturated heterocycles. The zero-order chi connectivity index (χ0) is 24.4. The van der Waals surface area contributed by atoms with Crippen LogP contribution in [-0.4, -0.2) is 29.0 Å². The number of aryl methyl sites for hydroxylation is 2. The molecule has 3 rings (SSSR count). The number of nitrogens with one attached hydrogen (secondary N) is 3. The van der Waals surface area contributed by atoms with Crippen molar-refractivity contribution in [3.05, 3.63) is 82.9 Å². The second-order valence-corrected chi connectivity index (χ2v) is 11.2. The van der Waals surface area contributed by atoms with Gasteiger partial charge < -0.3 is 5.32 Å². The molecule has 0 aliphatic carbocycles. The fourth-order valence-electron chi connectivity index (χ4n) is 3.13. The fourth-order valence-corrected chi connectivity index (χ4v) is 4.80. The fraction of sp³-hybridized carbons (Fsp3) is 0.174. The maximum atomic E-state index is 12.7. The Morgan fingerprint density at radius 2 is 1.39 bits per heavy atom. The Labute approximate surface area is 194 Å². The number of hydrogen-bond donors (Lipinski definition) is 3. The molecule has 1 amide bonds. The van der Waals surface area contributed by atoms with Crippen LogP contribution in [0.5, 0.6) is 0 Å². The topological polar surface area (TPSA) is 121 Å². The number of hydrogen-bond acceptors (Lipinski definition) is 5. The largest absolute Gasteiger partial charge is 0.322 e. The van der Waals surface area contributed by atoms with E-state index in [2.05, 4.69) is 14.8 Å². The summed E-state index contributed by atoms with van der Waals surface area (Å²) in [6.07, 6.45) is 1.03. The van der Waals surface area contributed by atoms with E-state index in [1.165, 1.54) is 24.3 Å². The van der Waals surface area contributed by atoms with Gasteiger partial charge in [0.2, 0.25) is 10.0 Å². The number of rotatable bonds is 7. The first-order chi connectivity index (χ1) is 15.4. The minimum Gasteiger partial charge on any atom is -0.322 e. The van der Waals surface area contributed by atoms with Gasteiger partial charge in [0.05, 0.1) is 16.8 Å². The van der Waals surface area contributed by atoms with Gasteiger partial charge in [-0.2, -0.15) is 0 Å². The van der Waals surface area contributed by atoms with Gasteiger partial charge in [-0.25, -0.2) is 16.8 Å². The molecule has 0 fully saturated rings. The van der Waals surface area contributed by atoms with Gasteiger partial charge in [-0.1, -0.05) is 12.1 Å². The third kappa shape index (κ3) is 6.11. The van der Waals surface area contributed by atoms with Gasteiger partial charge in [0.15, 0.2) is 0 Å². The number of carbonyl (C=O) groups is 1. The molecule has 0 aliphatic heterocycles. The second-order valence-electron chi connectivity index (χ2n) is 7.74. The molecular formula is C23H25N3O5S2. The van der Waals surface area contributed by atoms with Crippen LogP contribution in [0, 0.1) is 20.8 Å². The van der Waals surface area contributed by atoms with Crippen molar-refractivity contribution in [3.8, 4) is 0 Å². The van der Waals surface area contributed by atoms with Gasteiger partial charge in [0, 0.05) is 16.9 Å². The highest BCUT2D eigenvalue weighted by molar-refractivity contribution is 7.92. The lowest BCUT2D eigenvalue weighted by atomic mass is 10.1. The van der Waals surface area contributed by atoms with E-state index in [4.69, 9.17) is 0 Å². The van der Waals surface area contributed by atoms with Crippen LogP contribution < -0.4 is 14.8 Å². The Morgan fingerprint density at radius 3 is 2.00 bits per heavy atom. The Bertz CT molecular complexity index is 1410. The normalized spacial score (nSPS) is 11.6. The Kier molecular flexibility index (Phi) is 6.80. The van der Waals surface area contributed by atoms with Crippen molar-refractivity contribution in [2.45, 2.75) is 25.7 Å². The van der Waals surface area contributed by atoms with Crippen molar-refractivity contribution >= 4 is 43.0 Å². The predicted molar refractivity (Wildman–Crippen MR) is 131 cm³/mol. The van der Waals surface area contributed by atoms with Crippen molar-refractivity contribution in [3.63, 3.8) is 0 Å². The van der Waals surface area contributed by atoms with E-state index in [9.17, 15) is 21.6 Å². The van der Waals surface area contributed by atoms with Crippen molar-refractivity contribution in [1.29, 1.82) is 0 Å². The number of anilines is 3. The standard InChI is InChI=1S/C23H25N3O5S2/c1-15-8-9-19(14-16(15)2)25-33(30,31)20-12-10-18(11-13-20)24-23(27)21-6-5-7-22(17(21)3)26-32(4,28)29/h5-14,25-26H,1-4H3,(H,24,27). The van der Waals surface area contributed by atoms with Gasteiger partial charge in [-0.3, -0.25) is 14.2 Å². The van der Waals surface area contributed by atoms with Crippen LogP contribution in [0.2, 0.25) is 0 Å². The van der Waals surface area contributed by atoms with Gasteiger partial charge >= 0.3 is 0 Å². The van der Waals surface area contributed by atoms with E-state index < -0.39 is 26.0 Å². The molecule has 3 N–H and O–H groups in total. The summed E-state index contributed by atoms with van der Waals surface area (Å²) in [5.74, 6) is -0.450. The van der Waals surface area contributed by atoms with Gasteiger partial charge in [0.1, 0.15) is 0 Å². The highest BCUT2D eigenvalue weighted by atomic mass is 32.2. The average Bonchev–Trinajstić information content (AvgIpc) is 2.71. The van der Waals surface area contributed by atoms with Gasteiger partial charge in [-0.15, -0.1) is 0 Å². The van der Waals surface area contributed by atoms with Crippen LogP contribution in [0.3, 0.4) is 0 Å². The zero-order valence-corrected chi connectivity index (χ0v) is 20.3. The van der Waals surface area contributed by atoms with Crippen molar-refractivity contribution < 1.29 is 21.6 Å². The maximum Gasteiger partial charge on any atom is 0.261 e. The van der Waals surface area contributed by atoms with Crippen LogP contribution in [-0.2, 0) is 20.0 Å². The minimum atomic E-state index is -3.80. The van der Waals surface area contributed by atoms with E-state index in [1.54, 1.807) is 37.3 Å². The molecule has 0 heterocycles. The lowest BCUT2D eigenvalue weighted by Crippen LogP contribution is -2.16. The molecule has 0 atom stereocenters. The molecule has 10 heteroatoms. The highest BCUT2D eigenvalue weighted by Gasteiger charge is 2.17. The lowest BCUT2D eigenvalue weighted by Gasteiger charge is -2.13. The summed E-state index contributed by atoms with van der Waals surface area (Å²) in [7, 11) is -7.29. The van der Waals surface area contributed by atoms with Gasteiger partial charge in [-0.05, 0) is 86.0 Å². The molecule has 8 nitrogen and oxygen atoms in total. The molecule has 0 unspecified atom stereocenters. The molecular weight excluding hydrogens is 462 g/mol. The maximum absolute atomic E-state index is 12.7. The minimum absolute atomic E-state index is 0.0502. The zero-order valence-electron chi connectivity index (χ0n) is 18.6. The summed E-state index contributed by atoms with van der Waals surface area (Å²) in [6.45, 7) is 5.48. The van der Waals surface area contributed by atoms with E-state index in [0.717, 1.165) is 17.4 Å². The van der Waals surface area contributed by atoms with E-state index in [1.807, 2.05) is 19.9 Å². The van der Waals surface area contributed by atoms with Crippen LogP contribution in [0.25, 0.3) is 0 Å². The van der Waals surface area contributed by atoms with Gasteiger partial charge in [0.25, 0.3) is 15.9 Å². The molecule has 33 heavy (non-hydrogen) atoms. The summed E-state index contributed by atoms with van der Waals surface area (Å²) in [5, 5.41) is 2.70. The third-order valence-corrected chi connectivity index (χ3v) is 7.04. The Hall–Kier alpha value is -3.37. The smallest absolute Gasteiger partial charge is 0.261 e. The first kappa shape index (κ1) is 24.3. The van der Waals surface area contributed by atoms with Crippen LogP contribution in [0.1, 0.15) is 27.0 Å². The molecule has 174 valence electrons. The molecule has 0 spiro atoms. The lowest BCUT2D eigenvalue weighted by molar-refractivity contribution is 0.102. The summed E-state index contributed by atoms with van der Waals surface area (Å²) < 4.78 is 53.4. The SMILES string of the molecule is Cc1ccc(NS(=O)(=O)c2ccc(NC(=O)c3cccc(NS(C)(=O)=O)c3C)cc2)cc1C. The first-order valence-electron chi connectivity index (χ1n) is 9.94. The average molecular weight is 488 g/mol. The molecule has 0 radical (unpaired) electrons. The quantitative estimate of drug-likeness (QED) is 0.464. The molecule has 3 aromatic rings. The molecule has 0 aliphatic rings. The predicted octanol–water partition coefficient (Wildman–Crippen LogP) is 4.04. The molecule has 3 aromatic carbocycles. The van der Waals surface area contributed by atoms with Crippen LogP contribution in [0.4, 0.5) is 17.1 Å². The number of carbonyl (C=O) groups excluding carboxylic acids is 1. The highest BCUT2D eigenvalue weighted by Crippen LogP contribution is 2.23. The summed E-state index contributed by atoms with van der Waals surface area (Å²) in [4.78, 5) is 12.8. The molecule has 0 saturated carbocycles. The van der Waals surface area contributed by atoms with Crippen LogP contribution >= 0.6 is 0 Å². The van der Waals surface area contributed by atoms with Crippen molar-refractivity contribution in [2.24, 2.45) is 0 Å². The van der Waals surface area contributed by atoms with E-state index in [0.29, 0.717) is 22.6 Å². The Morgan fingerprint density at radius 1 is 0.758 bits per heavy atom.